The van der Waals surface area contributed by atoms with Crippen molar-refractivity contribution in [3.8, 4) is 0 Å². The van der Waals surface area contributed by atoms with E-state index in [1.807, 2.05) is 24.4 Å². The maximum atomic E-state index is 6.22. The largest absolute Gasteiger partial charge is 0.298 e. The average Bonchev–Trinajstić information content (AvgIpc) is 2.77. The molecule has 1 aliphatic rings. The van der Waals surface area contributed by atoms with E-state index >= 15 is 0 Å². The van der Waals surface area contributed by atoms with Crippen LogP contribution < -0.4 is 0 Å². The normalized spacial score (nSPS) is 17.1. The first kappa shape index (κ1) is 16.7. The molecule has 3 rings (SSSR count). The Morgan fingerprint density at radius 1 is 0.870 bits per heavy atom. The second kappa shape index (κ2) is 8.11. The summed E-state index contributed by atoms with van der Waals surface area (Å²) >= 11 is 12.2. The van der Waals surface area contributed by atoms with Crippen molar-refractivity contribution in [2.45, 2.75) is 19.5 Å². The molecule has 23 heavy (non-hydrogen) atoms. The zero-order valence-corrected chi connectivity index (χ0v) is 14.6. The van der Waals surface area contributed by atoms with Crippen molar-refractivity contribution >= 4 is 23.2 Å². The van der Waals surface area contributed by atoms with Gasteiger partial charge in [0.25, 0.3) is 0 Å². The highest BCUT2D eigenvalue weighted by Gasteiger charge is 2.16. The molecule has 0 aliphatic carbocycles. The average molecular weight is 350 g/mol. The molecule has 0 saturated carbocycles. The third-order valence-electron chi connectivity index (χ3n) is 4.25. The monoisotopic (exact) mass is 349 g/mol. The van der Waals surface area contributed by atoms with Crippen LogP contribution in [0, 0.1) is 0 Å². The van der Waals surface area contributed by atoms with Gasteiger partial charge < -0.3 is 0 Å². The summed E-state index contributed by atoms with van der Waals surface area (Å²) in [5, 5.41) is 1.56. The molecule has 1 aliphatic heterocycles. The van der Waals surface area contributed by atoms with E-state index in [1.54, 1.807) is 6.20 Å². The zero-order valence-electron chi connectivity index (χ0n) is 13.1. The Hall–Kier alpha value is -1.13. The van der Waals surface area contributed by atoms with Gasteiger partial charge in [-0.3, -0.25) is 14.8 Å². The fourth-order valence-corrected chi connectivity index (χ4v) is 3.27. The molecule has 1 saturated heterocycles. The van der Waals surface area contributed by atoms with Gasteiger partial charge in [-0.1, -0.05) is 35.3 Å². The van der Waals surface area contributed by atoms with Gasteiger partial charge in [-0.2, -0.15) is 0 Å². The van der Waals surface area contributed by atoms with E-state index in [9.17, 15) is 0 Å². The quantitative estimate of drug-likeness (QED) is 0.828. The van der Waals surface area contributed by atoms with Crippen LogP contribution in [0.2, 0.25) is 10.0 Å². The van der Waals surface area contributed by atoms with Crippen molar-refractivity contribution < 1.29 is 0 Å². The third kappa shape index (κ3) is 4.92. The lowest BCUT2D eigenvalue weighted by molar-refractivity contribution is 0.247. The van der Waals surface area contributed by atoms with E-state index in [2.05, 4.69) is 26.9 Å². The second-order valence-corrected chi connectivity index (χ2v) is 6.84. The van der Waals surface area contributed by atoms with E-state index in [-0.39, 0.29) is 0 Å². The molecule has 122 valence electrons. The topological polar surface area (TPSA) is 19.4 Å². The Bertz CT molecular complexity index is 630. The van der Waals surface area contributed by atoms with Crippen molar-refractivity contribution in [2.75, 3.05) is 26.2 Å². The lowest BCUT2D eigenvalue weighted by Gasteiger charge is -2.22. The molecule has 0 amide bonds. The third-order valence-corrected chi connectivity index (χ3v) is 4.84. The molecule has 2 aromatic rings. The number of halogens is 2. The maximum Gasteiger partial charge on any atom is 0.0634 e. The predicted octanol–water partition coefficient (Wildman–Crippen LogP) is 4.10. The van der Waals surface area contributed by atoms with E-state index < -0.39 is 0 Å². The summed E-state index contributed by atoms with van der Waals surface area (Å²) in [6, 6.07) is 10.2. The van der Waals surface area contributed by atoms with Crippen molar-refractivity contribution in [3.05, 3.63) is 63.9 Å². The molecule has 0 radical (unpaired) electrons. The highest BCUT2D eigenvalue weighted by atomic mass is 35.5. The first-order valence-corrected chi connectivity index (χ1v) is 8.74. The second-order valence-electron chi connectivity index (χ2n) is 6.00. The van der Waals surface area contributed by atoms with Crippen LogP contribution >= 0.6 is 23.2 Å². The molecule has 0 spiro atoms. The number of benzene rings is 1. The molecular weight excluding hydrogens is 329 g/mol. The highest BCUT2D eigenvalue weighted by Crippen LogP contribution is 2.18. The minimum Gasteiger partial charge on any atom is -0.298 e. The zero-order chi connectivity index (χ0) is 16.1. The van der Waals surface area contributed by atoms with E-state index in [4.69, 9.17) is 23.2 Å². The Morgan fingerprint density at radius 3 is 2.26 bits per heavy atom. The number of aromatic nitrogens is 1. The molecule has 3 nitrogen and oxygen atoms in total. The minimum absolute atomic E-state index is 0.759. The Morgan fingerprint density at radius 2 is 1.57 bits per heavy atom. The molecule has 1 aromatic carbocycles. The predicted molar refractivity (Wildman–Crippen MR) is 95.9 cm³/mol. The number of hydrogen-bond acceptors (Lipinski definition) is 3. The number of pyridine rings is 1. The Kier molecular flexibility index (Phi) is 5.90. The van der Waals surface area contributed by atoms with Crippen molar-refractivity contribution in [3.63, 3.8) is 0 Å². The molecule has 1 fully saturated rings. The Balaban J connectivity index is 1.55. The molecule has 1 aromatic heterocycles. The number of rotatable bonds is 4. The van der Waals surface area contributed by atoms with Gasteiger partial charge in [-0.05, 0) is 48.8 Å². The maximum absolute atomic E-state index is 6.22. The summed E-state index contributed by atoms with van der Waals surface area (Å²) < 4.78 is 0. The number of hydrogen-bond donors (Lipinski definition) is 0. The van der Waals surface area contributed by atoms with Crippen LogP contribution in [0.4, 0.5) is 0 Å². The van der Waals surface area contributed by atoms with Gasteiger partial charge in [0.15, 0.2) is 0 Å². The van der Waals surface area contributed by atoms with Crippen LogP contribution in [0.3, 0.4) is 0 Å². The molecule has 0 unspecified atom stereocenters. The van der Waals surface area contributed by atoms with Crippen molar-refractivity contribution in [2.24, 2.45) is 0 Å². The summed E-state index contributed by atoms with van der Waals surface area (Å²) in [5.74, 6) is 0. The van der Waals surface area contributed by atoms with E-state index in [0.29, 0.717) is 0 Å². The molecule has 5 heteroatoms. The first-order chi connectivity index (χ1) is 11.2. The van der Waals surface area contributed by atoms with Crippen LogP contribution in [-0.4, -0.2) is 41.0 Å². The first-order valence-electron chi connectivity index (χ1n) is 7.98. The van der Waals surface area contributed by atoms with Crippen molar-refractivity contribution in [1.82, 2.24) is 14.8 Å². The summed E-state index contributed by atoms with van der Waals surface area (Å²) in [6.07, 6.45) is 4.71. The minimum atomic E-state index is 0.759. The van der Waals surface area contributed by atoms with E-state index in [1.165, 1.54) is 12.0 Å². The van der Waals surface area contributed by atoms with Gasteiger partial charge in [0, 0.05) is 43.6 Å². The highest BCUT2D eigenvalue weighted by molar-refractivity contribution is 6.31. The van der Waals surface area contributed by atoms with Crippen molar-refractivity contribution in [1.29, 1.82) is 0 Å². The van der Waals surface area contributed by atoms with Crippen LogP contribution in [-0.2, 0) is 13.1 Å². The lowest BCUT2D eigenvalue weighted by atomic mass is 10.2. The van der Waals surface area contributed by atoms with Gasteiger partial charge >= 0.3 is 0 Å². The fourth-order valence-electron chi connectivity index (χ4n) is 2.96. The number of nitrogens with zero attached hydrogens (tertiary/aromatic N) is 3. The van der Waals surface area contributed by atoms with Crippen LogP contribution in [0.5, 0.6) is 0 Å². The van der Waals surface area contributed by atoms with Gasteiger partial charge in [-0.25, -0.2) is 0 Å². The van der Waals surface area contributed by atoms with Gasteiger partial charge in [0.05, 0.1) is 5.02 Å². The van der Waals surface area contributed by atoms with Crippen LogP contribution in [0.15, 0.2) is 42.7 Å². The van der Waals surface area contributed by atoms with Crippen LogP contribution in [0.25, 0.3) is 0 Å². The standard InChI is InChI=1S/C18H21Cl2N3/c19-17-4-2-15(3-5-17)13-22-8-1-9-23(11-10-22)14-16-6-7-21-12-18(16)20/h2-7,12H,1,8-11,13-14H2. The molecular formula is C18H21Cl2N3. The summed E-state index contributed by atoms with van der Waals surface area (Å²) in [6.45, 7) is 6.26. The van der Waals surface area contributed by atoms with E-state index in [0.717, 1.165) is 54.9 Å². The van der Waals surface area contributed by atoms with Crippen LogP contribution in [0.1, 0.15) is 17.5 Å². The van der Waals surface area contributed by atoms with Gasteiger partial charge in [0.1, 0.15) is 0 Å². The molecule has 0 bridgehead atoms. The summed E-state index contributed by atoms with van der Waals surface area (Å²) in [7, 11) is 0. The lowest BCUT2D eigenvalue weighted by Crippen LogP contribution is -2.30. The summed E-state index contributed by atoms with van der Waals surface area (Å²) in [4.78, 5) is 9.04. The smallest absolute Gasteiger partial charge is 0.0634 e. The van der Waals surface area contributed by atoms with Gasteiger partial charge in [0.2, 0.25) is 0 Å². The SMILES string of the molecule is Clc1ccc(CN2CCCN(Cc3ccncc3Cl)CC2)cc1. The molecule has 2 heterocycles. The Labute approximate surface area is 147 Å². The summed E-state index contributed by atoms with van der Waals surface area (Å²) in [5.41, 5.74) is 2.48. The fraction of sp³-hybridized carbons (Fsp3) is 0.389. The molecule has 0 N–H and O–H groups in total. The molecule has 0 atom stereocenters. The van der Waals surface area contributed by atoms with Gasteiger partial charge in [-0.15, -0.1) is 0 Å².